The molecule has 6 heteroatoms. The fourth-order valence-corrected chi connectivity index (χ4v) is 1.03. The van der Waals surface area contributed by atoms with E-state index in [0.717, 1.165) is 6.07 Å². The van der Waals surface area contributed by atoms with Gasteiger partial charge in [-0.05, 0) is 12.0 Å². The number of aromatic nitrogens is 1. The molecule has 80 valence electrons. The first-order valence-electron chi connectivity index (χ1n) is 3.87. The molecule has 0 unspecified atom stereocenters. The number of nitrogens with zero attached hydrogens (tertiary/aromatic N) is 1. The predicted molar refractivity (Wildman–Crippen MR) is 50.2 cm³/mol. The summed E-state index contributed by atoms with van der Waals surface area (Å²) >= 11 is 5.57. The number of pyridine rings is 1. The second-order valence-electron chi connectivity index (χ2n) is 2.56. The molecule has 0 radical (unpaired) electrons. The lowest BCUT2D eigenvalue weighted by Crippen LogP contribution is -2.06. The summed E-state index contributed by atoms with van der Waals surface area (Å²) in [7, 11) is 0. The summed E-state index contributed by atoms with van der Waals surface area (Å²) in [5.41, 5.74) is 4.30. The van der Waals surface area contributed by atoms with Crippen molar-refractivity contribution in [3.8, 4) is 11.8 Å². The summed E-state index contributed by atoms with van der Waals surface area (Å²) in [5, 5.41) is -0.134. The maximum absolute atomic E-state index is 12.2. The molecule has 1 rings (SSSR count). The number of alkyl halides is 3. The van der Waals surface area contributed by atoms with Gasteiger partial charge in [0.05, 0.1) is 17.1 Å². The molecule has 2 nitrogen and oxygen atoms in total. The average molecular weight is 235 g/mol. The third kappa shape index (κ3) is 3.11. The molecule has 1 heterocycles. The molecule has 15 heavy (non-hydrogen) atoms. The van der Waals surface area contributed by atoms with Crippen LogP contribution in [0.5, 0.6) is 0 Å². The Bertz CT molecular complexity index is 418. The van der Waals surface area contributed by atoms with Crippen molar-refractivity contribution in [3.63, 3.8) is 0 Å². The number of rotatable bonds is 0. The molecular weight excluding hydrogens is 229 g/mol. The molecule has 0 aromatic carbocycles. The van der Waals surface area contributed by atoms with Gasteiger partial charge < -0.3 is 5.73 Å². The molecule has 0 saturated carbocycles. The lowest BCUT2D eigenvalue weighted by atomic mass is 10.2. The quantitative estimate of drug-likeness (QED) is 0.698. The van der Waals surface area contributed by atoms with E-state index in [2.05, 4.69) is 16.8 Å². The summed E-state index contributed by atoms with van der Waals surface area (Å²) in [6.45, 7) is 0.0963. The van der Waals surface area contributed by atoms with Crippen LogP contribution in [0.4, 0.5) is 13.2 Å². The minimum absolute atomic E-state index is 0.0927. The van der Waals surface area contributed by atoms with Gasteiger partial charge in [0.1, 0.15) is 5.69 Å². The second kappa shape index (κ2) is 4.51. The van der Waals surface area contributed by atoms with Crippen LogP contribution < -0.4 is 5.73 Å². The van der Waals surface area contributed by atoms with Crippen LogP contribution in [0.1, 0.15) is 11.3 Å². The topological polar surface area (TPSA) is 38.9 Å². The summed E-state index contributed by atoms with van der Waals surface area (Å²) in [5.74, 6) is 4.92. The highest BCUT2D eigenvalue weighted by Gasteiger charge is 2.31. The fourth-order valence-electron chi connectivity index (χ4n) is 0.820. The van der Waals surface area contributed by atoms with Gasteiger partial charge in [-0.25, -0.2) is 4.98 Å². The van der Waals surface area contributed by atoms with Crippen LogP contribution >= 0.6 is 11.6 Å². The van der Waals surface area contributed by atoms with E-state index in [1.165, 1.54) is 0 Å². The Morgan fingerprint density at radius 2 is 2.13 bits per heavy atom. The summed E-state index contributed by atoms with van der Waals surface area (Å²) < 4.78 is 36.6. The molecule has 0 atom stereocenters. The third-order valence-corrected chi connectivity index (χ3v) is 1.77. The van der Waals surface area contributed by atoms with Gasteiger partial charge >= 0.3 is 6.18 Å². The fraction of sp³-hybridized carbons (Fsp3) is 0.222. The Balaban J connectivity index is 3.09. The molecule has 0 amide bonds. The maximum Gasteiger partial charge on any atom is 0.417 e. The van der Waals surface area contributed by atoms with Gasteiger partial charge in [0.2, 0.25) is 0 Å². The number of hydrogen-bond acceptors (Lipinski definition) is 2. The van der Waals surface area contributed by atoms with Crippen molar-refractivity contribution in [1.82, 2.24) is 4.98 Å². The van der Waals surface area contributed by atoms with Crippen LogP contribution in [0.2, 0.25) is 5.02 Å². The number of nitrogens with two attached hydrogens (primary N) is 1. The Morgan fingerprint density at radius 3 is 2.60 bits per heavy atom. The van der Waals surface area contributed by atoms with E-state index >= 15 is 0 Å². The zero-order chi connectivity index (χ0) is 11.5. The van der Waals surface area contributed by atoms with Gasteiger partial charge in [-0.15, -0.1) is 0 Å². The van der Waals surface area contributed by atoms with E-state index in [0.29, 0.717) is 6.20 Å². The van der Waals surface area contributed by atoms with Gasteiger partial charge in [-0.1, -0.05) is 17.5 Å². The Kier molecular flexibility index (Phi) is 3.56. The Labute approximate surface area is 89.2 Å². The van der Waals surface area contributed by atoms with Crippen molar-refractivity contribution >= 4 is 11.6 Å². The van der Waals surface area contributed by atoms with E-state index in [1.54, 1.807) is 0 Å². The normalized spacial score (nSPS) is 10.7. The molecule has 0 bridgehead atoms. The van der Waals surface area contributed by atoms with Gasteiger partial charge in [0.15, 0.2) is 0 Å². The second-order valence-corrected chi connectivity index (χ2v) is 2.97. The van der Waals surface area contributed by atoms with Crippen molar-refractivity contribution in [3.05, 3.63) is 28.5 Å². The Hall–Kier alpha value is -1.25. The molecule has 0 aliphatic rings. The molecule has 0 saturated heterocycles. The first kappa shape index (κ1) is 11.8. The summed E-state index contributed by atoms with van der Waals surface area (Å²) in [6.07, 6.45) is -3.76. The smallest absolute Gasteiger partial charge is 0.320 e. The van der Waals surface area contributed by atoms with Gasteiger partial charge in [-0.2, -0.15) is 13.2 Å². The van der Waals surface area contributed by atoms with Crippen LogP contribution in [0.3, 0.4) is 0 Å². The molecular formula is C9H6ClF3N2. The van der Waals surface area contributed by atoms with Crippen LogP contribution in [0.25, 0.3) is 0 Å². The summed E-state index contributed by atoms with van der Waals surface area (Å²) in [4.78, 5) is 3.50. The molecule has 0 aliphatic carbocycles. The van der Waals surface area contributed by atoms with Crippen molar-refractivity contribution < 1.29 is 13.2 Å². The maximum atomic E-state index is 12.2. The zero-order valence-corrected chi connectivity index (χ0v) is 8.15. The highest BCUT2D eigenvalue weighted by Crippen LogP contribution is 2.30. The SMILES string of the molecule is NCC#Cc1ncc(C(F)(F)F)cc1Cl. The molecule has 1 aromatic rings. The predicted octanol–water partition coefficient (Wildman–Crippen LogP) is 2.06. The molecule has 0 fully saturated rings. The van der Waals surface area contributed by atoms with Crippen LogP contribution in [-0.4, -0.2) is 11.5 Å². The third-order valence-electron chi connectivity index (χ3n) is 1.48. The molecule has 1 aromatic heterocycles. The first-order valence-corrected chi connectivity index (χ1v) is 4.24. The van der Waals surface area contributed by atoms with Crippen molar-refractivity contribution in [2.24, 2.45) is 5.73 Å². The monoisotopic (exact) mass is 234 g/mol. The van der Waals surface area contributed by atoms with E-state index in [1.807, 2.05) is 0 Å². The minimum atomic E-state index is -4.45. The highest BCUT2D eigenvalue weighted by molar-refractivity contribution is 6.31. The number of hydrogen-bond donors (Lipinski definition) is 1. The summed E-state index contributed by atoms with van der Waals surface area (Å²) in [6, 6.07) is 0.787. The lowest BCUT2D eigenvalue weighted by molar-refractivity contribution is -0.137. The molecule has 2 N–H and O–H groups in total. The number of halogens is 4. The van der Waals surface area contributed by atoms with Crippen LogP contribution in [0.15, 0.2) is 12.3 Å². The molecule has 0 spiro atoms. The van der Waals surface area contributed by atoms with Crippen molar-refractivity contribution in [2.75, 3.05) is 6.54 Å². The van der Waals surface area contributed by atoms with Crippen LogP contribution in [0, 0.1) is 11.8 Å². The zero-order valence-electron chi connectivity index (χ0n) is 7.40. The van der Waals surface area contributed by atoms with Crippen molar-refractivity contribution in [1.29, 1.82) is 0 Å². The average Bonchev–Trinajstić information content (AvgIpc) is 2.14. The molecule has 0 aliphatic heterocycles. The van der Waals surface area contributed by atoms with E-state index < -0.39 is 11.7 Å². The Morgan fingerprint density at radius 1 is 1.47 bits per heavy atom. The standard InChI is InChI=1S/C9H6ClF3N2/c10-7-4-6(9(11,12)13)5-15-8(7)2-1-3-14/h4-5H,3,14H2. The largest absolute Gasteiger partial charge is 0.417 e. The van der Waals surface area contributed by atoms with Crippen LogP contribution in [-0.2, 0) is 6.18 Å². The highest BCUT2D eigenvalue weighted by atomic mass is 35.5. The van der Waals surface area contributed by atoms with Crippen molar-refractivity contribution in [2.45, 2.75) is 6.18 Å². The van der Waals surface area contributed by atoms with Gasteiger partial charge in [0, 0.05) is 6.20 Å². The van der Waals surface area contributed by atoms with E-state index in [4.69, 9.17) is 17.3 Å². The first-order chi connectivity index (χ1) is 6.95. The van der Waals surface area contributed by atoms with Gasteiger partial charge in [0.25, 0.3) is 0 Å². The van der Waals surface area contributed by atoms with Gasteiger partial charge in [-0.3, -0.25) is 0 Å². The van der Waals surface area contributed by atoms with E-state index in [9.17, 15) is 13.2 Å². The van der Waals surface area contributed by atoms with E-state index in [-0.39, 0.29) is 17.3 Å². The lowest BCUT2D eigenvalue weighted by Gasteiger charge is -2.06. The minimum Gasteiger partial charge on any atom is -0.320 e.